The van der Waals surface area contributed by atoms with Crippen LogP contribution in [0.25, 0.3) is 88.6 Å². The standard InChI is InChI=1S/C92H134N4/c1-5-9-13-17-21-25-29-33-37-41-45-49-69-81-85-73-61-53-55-63-75(73)87(93-85)82(70-50-46-42-38-34-30-26-22-18-14-10-6-2)89-77-65-57-59-67-79(77)91(95-89)84(72-52-48-44-40-36-32-28-24-20-16-12-8-4)92-80-68-60-58-66-78(80)90(96-92)83(88-76-64-56-54-62-74(76)86(81)94-88)71-51-47-43-39-35-31-27-23-19-15-11-7-3/h53-68,93,96H,5-52,69-72H2,1-4H3. The van der Waals surface area contributed by atoms with Crippen LogP contribution in [0.15, 0.2) is 97.1 Å². The normalized spacial score (nSPS) is 12.0. The van der Waals surface area contributed by atoms with Gasteiger partial charge in [0.25, 0.3) is 0 Å². The minimum Gasteiger partial charge on any atom is -0.354 e. The summed E-state index contributed by atoms with van der Waals surface area (Å²) in [4.78, 5) is 21.2. The summed E-state index contributed by atoms with van der Waals surface area (Å²) in [5.41, 5.74) is 20.5. The minimum atomic E-state index is 0.985. The topological polar surface area (TPSA) is 57.4 Å². The summed E-state index contributed by atoms with van der Waals surface area (Å²) in [6.07, 6.45) is 68.4. The summed E-state index contributed by atoms with van der Waals surface area (Å²) in [6.45, 7) is 9.31. The largest absolute Gasteiger partial charge is 0.354 e. The van der Waals surface area contributed by atoms with Gasteiger partial charge in [0.2, 0.25) is 0 Å². The van der Waals surface area contributed by atoms with Crippen LogP contribution in [-0.2, 0) is 25.7 Å². The zero-order valence-electron chi connectivity index (χ0n) is 61.9. The maximum atomic E-state index is 6.19. The number of nitrogens with one attached hydrogen (secondary N) is 2. The van der Waals surface area contributed by atoms with Crippen LogP contribution >= 0.6 is 0 Å². The Morgan fingerprint density at radius 1 is 0.198 bits per heavy atom. The van der Waals surface area contributed by atoms with Crippen LogP contribution < -0.4 is 0 Å². The molecule has 0 aliphatic carbocycles. The molecule has 0 unspecified atom stereocenters. The molecular formula is C92H134N4. The van der Waals surface area contributed by atoms with Gasteiger partial charge in [-0.15, -0.1) is 0 Å². The monoisotopic (exact) mass is 1300 g/mol. The third kappa shape index (κ3) is 22.3. The van der Waals surface area contributed by atoms with Gasteiger partial charge in [-0.1, -0.05) is 407 Å². The molecule has 0 spiro atoms. The van der Waals surface area contributed by atoms with Gasteiger partial charge in [-0.2, -0.15) is 0 Å². The van der Waals surface area contributed by atoms with Gasteiger partial charge in [-0.3, -0.25) is 0 Å². The van der Waals surface area contributed by atoms with Gasteiger partial charge >= 0.3 is 0 Å². The minimum absolute atomic E-state index is 0.985. The highest BCUT2D eigenvalue weighted by atomic mass is 14.8. The molecule has 9 rings (SSSR count). The Hall–Kier alpha value is -5.48. The quantitative estimate of drug-likeness (QED) is 0.0373. The number of aryl methyl sites for hydroxylation is 4. The number of fused-ring (bicyclic) bond motifs is 20. The van der Waals surface area contributed by atoms with Crippen molar-refractivity contribution < 1.29 is 0 Å². The molecular weight excluding hydrogens is 1160 g/mol. The van der Waals surface area contributed by atoms with E-state index in [1.54, 1.807) is 0 Å². The van der Waals surface area contributed by atoms with Crippen molar-refractivity contribution in [2.45, 2.75) is 362 Å². The maximum Gasteiger partial charge on any atom is 0.0769 e. The molecule has 0 radical (unpaired) electrons. The summed E-state index contributed by atoms with van der Waals surface area (Å²) >= 11 is 0. The first-order chi connectivity index (χ1) is 47.7. The fourth-order valence-corrected chi connectivity index (χ4v) is 16.5. The second-order valence-electron chi connectivity index (χ2n) is 30.0. The lowest BCUT2D eigenvalue weighted by molar-refractivity contribution is 0.544. The predicted octanol–water partition coefficient (Wildman–Crippen LogP) is 30.3. The Morgan fingerprint density at radius 2 is 0.354 bits per heavy atom. The van der Waals surface area contributed by atoms with Crippen molar-refractivity contribution >= 4 is 43.6 Å². The number of unbranched alkanes of at least 4 members (excludes halogenated alkanes) is 44. The van der Waals surface area contributed by atoms with Gasteiger partial charge in [-0.25, -0.2) is 9.97 Å². The second kappa shape index (κ2) is 43.8. The van der Waals surface area contributed by atoms with Crippen LogP contribution in [0.5, 0.6) is 0 Å². The van der Waals surface area contributed by atoms with Crippen LogP contribution in [-0.4, -0.2) is 19.9 Å². The Morgan fingerprint density at radius 3 is 0.531 bits per heavy atom. The Kier molecular flexibility index (Phi) is 34.1. The number of aromatic nitrogens is 4. The Labute approximate surface area is 586 Å². The number of benzene rings is 4. The molecule has 4 nitrogen and oxygen atoms in total. The molecule has 4 aromatic carbocycles. The first-order valence-electron chi connectivity index (χ1n) is 41.4. The van der Waals surface area contributed by atoms with E-state index in [0.717, 1.165) is 51.4 Å². The molecule has 0 saturated heterocycles. The third-order valence-electron chi connectivity index (χ3n) is 22.2. The highest BCUT2D eigenvalue weighted by molar-refractivity contribution is 6.13. The van der Waals surface area contributed by atoms with Crippen molar-refractivity contribution in [3.05, 3.63) is 119 Å². The Bertz CT molecular complexity index is 3050. The van der Waals surface area contributed by atoms with Gasteiger partial charge in [0.15, 0.2) is 0 Å². The maximum absolute atomic E-state index is 6.19. The van der Waals surface area contributed by atoms with E-state index in [-0.39, 0.29) is 0 Å². The van der Waals surface area contributed by atoms with Crippen molar-refractivity contribution in [2.24, 2.45) is 0 Å². The van der Waals surface area contributed by atoms with E-state index in [9.17, 15) is 0 Å². The smallest absolute Gasteiger partial charge is 0.0769 e. The lowest BCUT2D eigenvalue weighted by Crippen LogP contribution is -1.95. The number of nitrogens with zero attached hydrogens (tertiary/aromatic N) is 2. The molecule has 2 aliphatic heterocycles. The molecule has 96 heavy (non-hydrogen) atoms. The van der Waals surface area contributed by atoms with Crippen LogP contribution in [0.3, 0.4) is 0 Å². The number of hydrogen-bond donors (Lipinski definition) is 2. The highest BCUT2D eigenvalue weighted by Crippen LogP contribution is 2.47. The molecule has 0 saturated carbocycles. The van der Waals surface area contributed by atoms with Gasteiger partial charge in [-0.05, 0) is 51.4 Å². The van der Waals surface area contributed by atoms with Crippen LogP contribution in [0, 0.1) is 0 Å². The van der Waals surface area contributed by atoms with Crippen LogP contribution in [0.2, 0.25) is 0 Å². The van der Waals surface area contributed by atoms with E-state index in [1.165, 1.54) is 393 Å². The SMILES string of the molecule is CCCCCCCCCCCCCCc1c2nc(c(CCCCCCCCCCCCCC)c3[nH]c(c(CCCCCCCCCCCCCC)c4nc(c(CCCCCCCCCCCCCC)c5[nH]c1c1ccccc51)-c1ccccc1-4)c1ccccc31)-c1ccccc1-2. The number of hydrogen-bond acceptors (Lipinski definition) is 2. The zero-order chi connectivity index (χ0) is 66.5. The van der Waals surface area contributed by atoms with E-state index in [1.807, 2.05) is 0 Å². The van der Waals surface area contributed by atoms with Crippen molar-refractivity contribution in [1.29, 1.82) is 0 Å². The summed E-state index contributed by atoms with van der Waals surface area (Å²) in [7, 11) is 0. The summed E-state index contributed by atoms with van der Waals surface area (Å²) < 4.78 is 0. The molecule has 0 fully saturated rings. The Balaban J connectivity index is 1.17. The first-order valence-corrected chi connectivity index (χ1v) is 41.4. The number of aromatic amines is 2. The number of H-pyrrole nitrogens is 2. The van der Waals surface area contributed by atoms with E-state index >= 15 is 0 Å². The molecule has 3 aromatic heterocycles. The number of rotatable bonds is 52. The summed E-state index contributed by atoms with van der Waals surface area (Å²) in [6, 6.07) is 37.7. The summed E-state index contributed by atoms with van der Waals surface area (Å²) in [5.74, 6) is 0. The van der Waals surface area contributed by atoms with Crippen molar-refractivity contribution in [3.63, 3.8) is 0 Å². The van der Waals surface area contributed by atoms with Crippen molar-refractivity contribution in [1.82, 2.24) is 19.9 Å². The summed E-state index contributed by atoms with van der Waals surface area (Å²) in [5, 5.41) is 5.29. The second-order valence-corrected chi connectivity index (χ2v) is 30.0. The molecule has 4 heteroatoms. The molecule has 8 bridgehead atoms. The lowest BCUT2D eigenvalue weighted by atomic mass is 9.94. The van der Waals surface area contributed by atoms with E-state index in [2.05, 4.69) is 135 Å². The van der Waals surface area contributed by atoms with E-state index < -0.39 is 0 Å². The third-order valence-corrected chi connectivity index (χ3v) is 22.2. The van der Waals surface area contributed by atoms with Gasteiger partial charge in [0.1, 0.15) is 0 Å². The van der Waals surface area contributed by atoms with Gasteiger partial charge in [0.05, 0.1) is 44.8 Å². The van der Waals surface area contributed by atoms with Crippen molar-refractivity contribution in [3.8, 4) is 45.0 Å². The molecule has 7 aromatic rings. The lowest BCUT2D eigenvalue weighted by Gasteiger charge is -2.09. The van der Waals surface area contributed by atoms with Crippen molar-refractivity contribution in [2.75, 3.05) is 0 Å². The molecule has 5 heterocycles. The molecule has 0 amide bonds. The fraction of sp³-hybridized carbons (Fsp3) is 0.609. The average molecular weight is 1300 g/mol. The fourth-order valence-electron chi connectivity index (χ4n) is 16.5. The van der Waals surface area contributed by atoms with Gasteiger partial charge < -0.3 is 9.97 Å². The van der Waals surface area contributed by atoms with Crippen LogP contribution in [0.4, 0.5) is 0 Å². The molecule has 2 aliphatic rings. The first kappa shape index (κ1) is 74.7. The molecule has 522 valence electrons. The molecule has 2 N–H and O–H groups in total. The zero-order valence-corrected chi connectivity index (χ0v) is 61.9. The van der Waals surface area contributed by atoms with E-state index in [4.69, 9.17) is 9.97 Å². The predicted molar refractivity (Wildman–Crippen MR) is 424 cm³/mol. The van der Waals surface area contributed by atoms with E-state index in [0.29, 0.717) is 0 Å². The van der Waals surface area contributed by atoms with Gasteiger partial charge in [0, 0.05) is 66.1 Å². The molecule has 0 atom stereocenters. The highest BCUT2D eigenvalue weighted by Gasteiger charge is 2.28. The van der Waals surface area contributed by atoms with Crippen LogP contribution in [0.1, 0.15) is 358 Å². The average Bonchev–Trinajstić information content (AvgIpc) is 1.59.